The first-order valence-electron chi connectivity index (χ1n) is 6.27. The monoisotopic (exact) mass is 235 g/mol. The number of para-hydroxylation sites is 1. The molecule has 1 saturated heterocycles. The highest BCUT2D eigenvalue weighted by Crippen LogP contribution is 2.30. The third kappa shape index (κ3) is 2.79. The maximum atomic E-state index is 9.88. The average molecular weight is 235 g/mol. The van der Waals surface area contributed by atoms with Crippen molar-refractivity contribution in [2.75, 3.05) is 20.3 Å². The molecule has 1 unspecified atom stereocenters. The molecule has 94 valence electrons. The molecule has 1 aliphatic heterocycles. The molecule has 1 aliphatic rings. The number of hydrogen-bond donors (Lipinski definition) is 1. The van der Waals surface area contributed by atoms with E-state index in [-0.39, 0.29) is 6.04 Å². The lowest BCUT2D eigenvalue weighted by Crippen LogP contribution is -2.38. The number of benzene rings is 1. The molecular weight excluding hydrogens is 214 g/mol. The van der Waals surface area contributed by atoms with E-state index in [0.717, 1.165) is 31.6 Å². The van der Waals surface area contributed by atoms with Gasteiger partial charge in [0, 0.05) is 30.9 Å². The van der Waals surface area contributed by atoms with E-state index in [1.807, 2.05) is 18.2 Å². The topological polar surface area (TPSA) is 32.7 Å². The second-order valence-corrected chi connectivity index (χ2v) is 4.74. The van der Waals surface area contributed by atoms with Crippen molar-refractivity contribution < 1.29 is 9.84 Å². The van der Waals surface area contributed by atoms with Crippen molar-refractivity contribution in [1.29, 1.82) is 0 Å². The number of nitrogens with zero attached hydrogens (tertiary/aromatic N) is 1. The molecule has 0 bridgehead atoms. The molecule has 3 heteroatoms. The summed E-state index contributed by atoms with van der Waals surface area (Å²) in [4.78, 5) is 2.34. The summed E-state index contributed by atoms with van der Waals surface area (Å²) in [6.07, 6.45) is 2.16. The predicted octanol–water partition coefficient (Wildman–Crippen LogP) is 2.56. The fourth-order valence-electron chi connectivity index (χ4n) is 2.47. The van der Waals surface area contributed by atoms with E-state index in [1.165, 1.54) is 0 Å². The van der Waals surface area contributed by atoms with Crippen LogP contribution in [0, 0.1) is 0 Å². The second kappa shape index (κ2) is 5.52. The van der Waals surface area contributed by atoms with Crippen molar-refractivity contribution in [2.45, 2.75) is 31.8 Å². The van der Waals surface area contributed by atoms with E-state index >= 15 is 0 Å². The number of hydrogen-bond acceptors (Lipinski definition) is 3. The van der Waals surface area contributed by atoms with Crippen molar-refractivity contribution in [2.24, 2.45) is 0 Å². The Morgan fingerprint density at radius 2 is 1.94 bits per heavy atom. The maximum Gasteiger partial charge on any atom is 0.120 e. The van der Waals surface area contributed by atoms with Crippen molar-refractivity contribution in [3.63, 3.8) is 0 Å². The predicted molar refractivity (Wildman–Crippen MR) is 68.1 cm³/mol. The van der Waals surface area contributed by atoms with Crippen LogP contribution in [-0.4, -0.2) is 36.3 Å². The average Bonchev–Trinajstić information content (AvgIpc) is 2.39. The quantitative estimate of drug-likeness (QED) is 0.874. The standard InChI is InChI=1S/C14H21NO2/c1-11(13-5-3-4-6-14(13)16)15(2)12-7-9-17-10-8-12/h3-6,11-12,16H,7-10H2,1-2H3. The highest BCUT2D eigenvalue weighted by atomic mass is 16.5. The van der Waals surface area contributed by atoms with E-state index in [4.69, 9.17) is 4.74 Å². The number of aromatic hydroxyl groups is 1. The summed E-state index contributed by atoms with van der Waals surface area (Å²) >= 11 is 0. The Kier molecular flexibility index (Phi) is 4.02. The summed E-state index contributed by atoms with van der Waals surface area (Å²) in [5, 5.41) is 9.88. The third-order valence-electron chi connectivity index (χ3n) is 3.76. The van der Waals surface area contributed by atoms with Gasteiger partial charge < -0.3 is 9.84 Å². The van der Waals surface area contributed by atoms with E-state index in [2.05, 4.69) is 18.9 Å². The summed E-state index contributed by atoms with van der Waals surface area (Å²) in [5.41, 5.74) is 1.00. The molecule has 0 radical (unpaired) electrons. The Bertz CT molecular complexity index is 361. The number of phenols is 1. The van der Waals surface area contributed by atoms with E-state index < -0.39 is 0 Å². The summed E-state index contributed by atoms with van der Waals surface area (Å²) in [6, 6.07) is 8.38. The molecule has 1 aromatic rings. The van der Waals surface area contributed by atoms with Gasteiger partial charge in [-0.3, -0.25) is 4.90 Å². The van der Waals surface area contributed by atoms with Gasteiger partial charge in [-0.25, -0.2) is 0 Å². The molecule has 1 atom stereocenters. The zero-order valence-corrected chi connectivity index (χ0v) is 10.6. The Labute approximate surface area is 103 Å². The summed E-state index contributed by atoms with van der Waals surface area (Å²) in [5.74, 6) is 0.388. The van der Waals surface area contributed by atoms with Gasteiger partial charge in [0.05, 0.1) is 0 Å². The minimum atomic E-state index is 0.235. The lowest BCUT2D eigenvalue weighted by Gasteiger charge is -2.35. The molecule has 0 saturated carbocycles. The molecule has 0 spiro atoms. The van der Waals surface area contributed by atoms with Gasteiger partial charge in [0.2, 0.25) is 0 Å². The van der Waals surface area contributed by atoms with E-state index in [0.29, 0.717) is 11.8 Å². The minimum absolute atomic E-state index is 0.235. The van der Waals surface area contributed by atoms with Crippen LogP contribution in [0.25, 0.3) is 0 Å². The first-order chi connectivity index (χ1) is 8.20. The molecular formula is C14H21NO2. The molecule has 1 fully saturated rings. The van der Waals surface area contributed by atoms with Gasteiger partial charge in [-0.1, -0.05) is 18.2 Å². The van der Waals surface area contributed by atoms with Crippen LogP contribution >= 0.6 is 0 Å². The number of rotatable bonds is 3. The lowest BCUT2D eigenvalue weighted by molar-refractivity contribution is 0.0306. The molecule has 1 N–H and O–H groups in total. The van der Waals surface area contributed by atoms with Crippen LogP contribution in [0.1, 0.15) is 31.4 Å². The molecule has 1 heterocycles. The van der Waals surface area contributed by atoms with E-state index in [1.54, 1.807) is 6.07 Å². The first-order valence-corrected chi connectivity index (χ1v) is 6.27. The van der Waals surface area contributed by atoms with Gasteiger partial charge in [0.25, 0.3) is 0 Å². The fourth-order valence-corrected chi connectivity index (χ4v) is 2.47. The molecule has 0 amide bonds. The van der Waals surface area contributed by atoms with Crippen molar-refractivity contribution in [1.82, 2.24) is 4.90 Å². The van der Waals surface area contributed by atoms with Crippen LogP contribution in [0.4, 0.5) is 0 Å². The molecule has 1 aromatic carbocycles. The normalized spacial score (nSPS) is 19.5. The second-order valence-electron chi connectivity index (χ2n) is 4.74. The summed E-state index contributed by atoms with van der Waals surface area (Å²) in [6.45, 7) is 3.84. The zero-order chi connectivity index (χ0) is 12.3. The smallest absolute Gasteiger partial charge is 0.120 e. The summed E-state index contributed by atoms with van der Waals surface area (Å²) in [7, 11) is 2.13. The first kappa shape index (κ1) is 12.4. The van der Waals surface area contributed by atoms with Crippen LogP contribution in [0.5, 0.6) is 5.75 Å². The molecule has 0 aromatic heterocycles. The number of ether oxygens (including phenoxy) is 1. The van der Waals surface area contributed by atoms with Gasteiger partial charge in [-0.05, 0) is 32.9 Å². The Balaban J connectivity index is 2.08. The number of phenolic OH excluding ortho intramolecular Hbond substituents is 1. The molecule has 17 heavy (non-hydrogen) atoms. The van der Waals surface area contributed by atoms with Crippen LogP contribution in [0.2, 0.25) is 0 Å². The van der Waals surface area contributed by atoms with E-state index in [9.17, 15) is 5.11 Å². The van der Waals surface area contributed by atoms with Gasteiger partial charge in [-0.2, -0.15) is 0 Å². The fraction of sp³-hybridized carbons (Fsp3) is 0.571. The highest BCUT2D eigenvalue weighted by molar-refractivity contribution is 5.34. The zero-order valence-electron chi connectivity index (χ0n) is 10.6. The molecule has 0 aliphatic carbocycles. The van der Waals surface area contributed by atoms with Crippen molar-refractivity contribution >= 4 is 0 Å². The maximum absolute atomic E-state index is 9.88. The SMILES string of the molecule is CC(c1ccccc1O)N(C)C1CCOCC1. The van der Waals surface area contributed by atoms with Gasteiger partial charge in [-0.15, -0.1) is 0 Å². The van der Waals surface area contributed by atoms with Crippen LogP contribution in [-0.2, 0) is 4.74 Å². The van der Waals surface area contributed by atoms with Gasteiger partial charge in [0.1, 0.15) is 5.75 Å². The third-order valence-corrected chi connectivity index (χ3v) is 3.76. The minimum Gasteiger partial charge on any atom is -0.508 e. The van der Waals surface area contributed by atoms with Gasteiger partial charge in [0.15, 0.2) is 0 Å². The van der Waals surface area contributed by atoms with Crippen LogP contribution in [0.15, 0.2) is 24.3 Å². The van der Waals surface area contributed by atoms with Crippen LogP contribution in [0.3, 0.4) is 0 Å². The van der Waals surface area contributed by atoms with Crippen molar-refractivity contribution in [3.05, 3.63) is 29.8 Å². The van der Waals surface area contributed by atoms with Crippen molar-refractivity contribution in [3.8, 4) is 5.75 Å². The lowest BCUT2D eigenvalue weighted by atomic mass is 10.0. The summed E-state index contributed by atoms with van der Waals surface area (Å²) < 4.78 is 5.38. The Morgan fingerprint density at radius 3 is 2.59 bits per heavy atom. The Morgan fingerprint density at radius 1 is 1.29 bits per heavy atom. The van der Waals surface area contributed by atoms with Gasteiger partial charge >= 0.3 is 0 Å². The Hall–Kier alpha value is -1.06. The largest absolute Gasteiger partial charge is 0.508 e. The molecule has 3 nitrogen and oxygen atoms in total. The highest BCUT2D eigenvalue weighted by Gasteiger charge is 2.24. The van der Waals surface area contributed by atoms with Crippen LogP contribution < -0.4 is 0 Å². The molecule has 2 rings (SSSR count).